The quantitative estimate of drug-likeness (QED) is 0.850. The fourth-order valence-electron chi connectivity index (χ4n) is 3.38. The second kappa shape index (κ2) is 6.42. The van der Waals surface area contributed by atoms with E-state index in [-0.39, 0.29) is 23.8 Å². The Morgan fingerprint density at radius 3 is 2.67 bits per heavy atom. The van der Waals surface area contributed by atoms with Gasteiger partial charge in [0.25, 0.3) is 0 Å². The molecule has 1 amide bonds. The van der Waals surface area contributed by atoms with Gasteiger partial charge in [-0.2, -0.15) is 4.98 Å². The Kier molecular flexibility index (Phi) is 4.47. The first kappa shape index (κ1) is 16.7. The van der Waals surface area contributed by atoms with Crippen LogP contribution in [0.3, 0.4) is 0 Å². The number of likely N-dealkylation sites (tertiary alicyclic amines) is 1. The largest absolute Gasteiger partial charge is 0.466 e. The molecule has 0 aromatic carbocycles. The summed E-state index contributed by atoms with van der Waals surface area (Å²) in [5.74, 6) is 2.94. The molecule has 6 heteroatoms. The molecule has 3 rings (SSSR count). The molecule has 1 fully saturated rings. The highest BCUT2D eigenvalue weighted by Crippen LogP contribution is 2.34. The van der Waals surface area contributed by atoms with Crippen LogP contribution in [-0.4, -0.2) is 27.5 Å². The molecule has 3 heterocycles. The molecule has 0 saturated carbocycles. The van der Waals surface area contributed by atoms with Crippen molar-refractivity contribution >= 4 is 5.91 Å². The van der Waals surface area contributed by atoms with E-state index in [1.54, 1.807) is 0 Å². The van der Waals surface area contributed by atoms with Gasteiger partial charge in [0.1, 0.15) is 11.5 Å². The van der Waals surface area contributed by atoms with Crippen LogP contribution < -0.4 is 0 Å². The molecule has 0 bridgehead atoms. The highest BCUT2D eigenvalue weighted by molar-refractivity contribution is 5.84. The average molecular weight is 331 g/mol. The molecule has 0 spiro atoms. The second-order valence-corrected chi connectivity index (χ2v) is 6.93. The van der Waals surface area contributed by atoms with E-state index < -0.39 is 0 Å². The normalized spacial score (nSPS) is 19.2. The van der Waals surface area contributed by atoms with Crippen LogP contribution in [0, 0.1) is 13.8 Å². The van der Waals surface area contributed by atoms with Gasteiger partial charge in [0.2, 0.25) is 11.8 Å². The number of carbonyl (C=O) groups is 1. The van der Waals surface area contributed by atoms with Crippen molar-refractivity contribution < 1.29 is 13.7 Å². The molecule has 0 unspecified atom stereocenters. The summed E-state index contributed by atoms with van der Waals surface area (Å²) in [6, 6.07) is 1.86. The highest BCUT2D eigenvalue weighted by Gasteiger charge is 2.36. The van der Waals surface area contributed by atoms with E-state index in [4.69, 9.17) is 8.94 Å². The number of hydrogen-bond donors (Lipinski definition) is 0. The second-order valence-electron chi connectivity index (χ2n) is 6.93. The van der Waals surface area contributed by atoms with Crippen LogP contribution in [0.15, 0.2) is 15.0 Å². The maximum Gasteiger partial charge on any atom is 0.230 e. The summed E-state index contributed by atoms with van der Waals surface area (Å²) < 4.78 is 10.9. The van der Waals surface area contributed by atoms with Gasteiger partial charge in [-0.15, -0.1) is 0 Å². The topological polar surface area (TPSA) is 72.4 Å². The fraction of sp³-hybridized carbons (Fsp3) is 0.611. The van der Waals surface area contributed by atoms with Gasteiger partial charge < -0.3 is 13.8 Å². The summed E-state index contributed by atoms with van der Waals surface area (Å²) in [6.07, 6.45) is 1.83. The zero-order chi connectivity index (χ0) is 17.4. The SMILES string of the molecule is Cc1cc([C@@H](C)C(=O)N2CCC[C@@H]2c2noc(C(C)C)n2)c(C)o1. The zero-order valence-corrected chi connectivity index (χ0v) is 15.0. The Labute approximate surface area is 142 Å². The molecule has 2 aromatic heterocycles. The van der Waals surface area contributed by atoms with Crippen LogP contribution in [0.1, 0.15) is 80.3 Å². The fourth-order valence-corrected chi connectivity index (χ4v) is 3.38. The third kappa shape index (κ3) is 2.97. The Hall–Kier alpha value is -2.11. The van der Waals surface area contributed by atoms with Crippen LogP contribution in [0.25, 0.3) is 0 Å². The van der Waals surface area contributed by atoms with Crippen molar-refractivity contribution in [3.63, 3.8) is 0 Å². The van der Waals surface area contributed by atoms with Crippen LogP contribution in [0.5, 0.6) is 0 Å². The standard InChI is InChI=1S/C18H25N3O3/c1-10(2)17-19-16(20-24-17)15-7-6-8-21(15)18(22)12(4)14-9-11(3)23-13(14)5/h9-10,12,15H,6-8H2,1-5H3/t12-,15-/m1/s1. The molecule has 1 aliphatic rings. The van der Waals surface area contributed by atoms with Gasteiger partial charge in [-0.3, -0.25) is 4.79 Å². The zero-order valence-electron chi connectivity index (χ0n) is 15.0. The van der Waals surface area contributed by atoms with Gasteiger partial charge in [-0.05, 0) is 39.7 Å². The first-order valence-electron chi connectivity index (χ1n) is 8.59. The van der Waals surface area contributed by atoms with Crippen LogP contribution >= 0.6 is 0 Å². The van der Waals surface area contributed by atoms with Gasteiger partial charge in [0.05, 0.1) is 12.0 Å². The number of aromatic nitrogens is 2. The molecule has 0 aliphatic carbocycles. The van der Waals surface area contributed by atoms with Gasteiger partial charge in [-0.25, -0.2) is 0 Å². The number of rotatable bonds is 4. The van der Waals surface area contributed by atoms with Crippen molar-refractivity contribution in [2.75, 3.05) is 6.54 Å². The van der Waals surface area contributed by atoms with Crippen molar-refractivity contribution in [2.24, 2.45) is 0 Å². The predicted octanol–water partition coefficient (Wildman–Crippen LogP) is 3.87. The molecule has 0 radical (unpaired) electrons. The molecule has 1 saturated heterocycles. The maximum absolute atomic E-state index is 13.0. The van der Waals surface area contributed by atoms with Gasteiger partial charge in [0.15, 0.2) is 5.82 Å². The molecule has 24 heavy (non-hydrogen) atoms. The predicted molar refractivity (Wildman–Crippen MR) is 88.7 cm³/mol. The summed E-state index contributed by atoms with van der Waals surface area (Å²) >= 11 is 0. The Bertz CT molecular complexity index is 732. The summed E-state index contributed by atoms with van der Waals surface area (Å²) in [5, 5.41) is 4.11. The lowest BCUT2D eigenvalue weighted by molar-refractivity contribution is -0.133. The number of amides is 1. The Morgan fingerprint density at radius 1 is 1.33 bits per heavy atom. The number of aryl methyl sites for hydroxylation is 2. The van der Waals surface area contributed by atoms with Gasteiger partial charge >= 0.3 is 0 Å². The monoisotopic (exact) mass is 331 g/mol. The van der Waals surface area contributed by atoms with Crippen molar-refractivity contribution in [2.45, 2.75) is 65.3 Å². The van der Waals surface area contributed by atoms with Crippen LogP contribution in [-0.2, 0) is 4.79 Å². The minimum absolute atomic E-state index is 0.0931. The third-order valence-electron chi connectivity index (χ3n) is 4.70. The number of nitrogens with zero attached hydrogens (tertiary/aromatic N) is 3. The summed E-state index contributed by atoms with van der Waals surface area (Å²) in [7, 11) is 0. The minimum atomic E-state index is -0.237. The van der Waals surface area contributed by atoms with Gasteiger partial charge in [-0.1, -0.05) is 19.0 Å². The minimum Gasteiger partial charge on any atom is -0.466 e. The molecule has 2 atom stereocenters. The van der Waals surface area contributed by atoms with E-state index in [0.29, 0.717) is 11.7 Å². The third-order valence-corrected chi connectivity index (χ3v) is 4.70. The van der Waals surface area contributed by atoms with Crippen LogP contribution in [0.2, 0.25) is 0 Å². The van der Waals surface area contributed by atoms with Crippen LogP contribution in [0.4, 0.5) is 0 Å². The molecular formula is C18H25N3O3. The van der Waals surface area contributed by atoms with E-state index in [0.717, 1.165) is 36.5 Å². The first-order chi connectivity index (χ1) is 11.4. The van der Waals surface area contributed by atoms with Crippen molar-refractivity contribution in [3.8, 4) is 0 Å². The van der Waals surface area contributed by atoms with E-state index >= 15 is 0 Å². The first-order valence-corrected chi connectivity index (χ1v) is 8.59. The molecule has 0 N–H and O–H groups in total. The lowest BCUT2D eigenvalue weighted by atomic mass is 9.99. The highest BCUT2D eigenvalue weighted by atomic mass is 16.5. The summed E-state index contributed by atoms with van der Waals surface area (Å²) in [5.41, 5.74) is 0.958. The smallest absolute Gasteiger partial charge is 0.230 e. The lowest BCUT2D eigenvalue weighted by Gasteiger charge is -2.25. The molecule has 1 aliphatic heterocycles. The summed E-state index contributed by atoms with van der Waals surface area (Å²) in [4.78, 5) is 19.4. The van der Waals surface area contributed by atoms with E-state index in [1.807, 2.05) is 45.6 Å². The lowest BCUT2D eigenvalue weighted by Crippen LogP contribution is -2.34. The average Bonchev–Trinajstić information content (AvgIpc) is 3.23. The molecule has 2 aromatic rings. The molecule has 6 nitrogen and oxygen atoms in total. The van der Waals surface area contributed by atoms with Crippen molar-refractivity contribution in [3.05, 3.63) is 34.9 Å². The number of hydrogen-bond acceptors (Lipinski definition) is 5. The molecule has 130 valence electrons. The van der Waals surface area contributed by atoms with Crippen molar-refractivity contribution in [1.82, 2.24) is 15.0 Å². The van der Waals surface area contributed by atoms with Crippen molar-refractivity contribution in [1.29, 1.82) is 0 Å². The molecular weight excluding hydrogens is 306 g/mol. The van der Waals surface area contributed by atoms with E-state index in [1.165, 1.54) is 0 Å². The Morgan fingerprint density at radius 2 is 2.08 bits per heavy atom. The van der Waals surface area contributed by atoms with Gasteiger partial charge in [0, 0.05) is 18.0 Å². The Balaban J connectivity index is 1.81. The number of furan rings is 1. The maximum atomic E-state index is 13.0. The number of carbonyl (C=O) groups excluding carboxylic acids is 1. The summed E-state index contributed by atoms with van der Waals surface area (Å²) in [6.45, 7) is 10.5. The van der Waals surface area contributed by atoms with E-state index in [2.05, 4.69) is 10.1 Å². The van der Waals surface area contributed by atoms with E-state index in [9.17, 15) is 4.79 Å².